The van der Waals surface area contributed by atoms with Crippen molar-refractivity contribution in [3.05, 3.63) is 0 Å². The first-order valence-corrected chi connectivity index (χ1v) is 7.87. The van der Waals surface area contributed by atoms with Crippen LogP contribution in [0.5, 0.6) is 0 Å². The van der Waals surface area contributed by atoms with E-state index in [1.165, 1.54) is 57.8 Å². The zero-order valence-corrected chi connectivity index (χ0v) is 13.9. The van der Waals surface area contributed by atoms with Crippen molar-refractivity contribution in [2.75, 3.05) is 6.61 Å². The molecule has 0 N–H and O–H groups in total. The normalized spacial score (nSPS) is 9.89. The van der Waals surface area contributed by atoms with Crippen molar-refractivity contribution in [2.45, 2.75) is 84.5 Å². The van der Waals surface area contributed by atoms with Crippen LogP contribution in [-0.2, 0) is 21.2 Å². The molecule has 0 aromatic rings. The zero-order chi connectivity index (χ0) is 12.8. The molecule has 0 radical (unpaired) electrons. The Morgan fingerprint density at radius 1 is 0.778 bits per heavy atom. The van der Waals surface area contributed by atoms with Gasteiger partial charge < -0.3 is 4.74 Å². The van der Waals surface area contributed by atoms with Gasteiger partial charge in [0.15, 0.2) is 5.05 Å². The Kier molecular flexibility index (Phi) is 20.0. The maximum absolute atomic E-state index is 5.39. The van der Waals surface area contributed by atoms with Gasteiger partial charge in [-0.15, -0.1) is 0 Å². The van der Waals surface area contributed by atoms with Crippen LogP contribution in [0.25, 0.3) is 0 Å². The molecule has 1 nitrogen and oxygen atoms in total. The summed E-state index contributed by atoms with van der Waals surface area (Å²) < 4.78 is 5.39. The van der Waals surface area contributed by atoms with E-state index >= 15 is 0 Å². The van der Waals surface area contributed by atoms with Gasteiger partial charge in [-0.1, -0.05) is 71.6 Å². The predicted molar refractivity (Wildman–Crippen MR) is 80.7 cm³/mol. The molecule has 0 heterocycles. The number of unbranched alkanes of at least 4 members (excludes halogenated alkanes) is 9. The number of thiocarbonyl (C=S) groups is 1. The maximum Gasteiger partial charge on any atom is 0.159 e. The van der Waals surface area contributed by atoms with Gasteiger partial charge in [0.05, 0.1) is 6.61 Å². The van der Waals surface area contributed by atoms with Crippen molar-refractivity contribution in [2.24, 2.45) is 0 Å². The molecule has 0 fully saturated rings. The Balaban J connectivity index is 0. The summed E-state index contributed by atoms with van der Waals surface area (Å²) in [6, 6.07) is 0. The topological polar surface area (TPSA) is 9.23 Å². The van der Waals surface area contributed by atoms with Crippen molar-refractivity contribution in [3.63, 3.8) is 0 Å². The van der Waals surface area contributed by atoms with Crippen LogP contribution < -0.4 is 0 Å². The summed E-state index contributed by atoms with van der Waals surface area (Å²) in [7, 11) is 0. The van der Waals surface area contributed by atoms with E-state index in [4.69, 9.17) is 17.0 Å². The van der Waals surface area contributed by atoms with Gasteiger partial charge in [0.25, 0.3) is 0 Å². The van der Waals surface area contributed by atoms with E-state index in [1.54, 1.807) is 0 Å². The van der Waals surface area contributed by atoms with Crippen molar-refractivity contribution in [1.29, 1.82) is 0 Å². The largest absolute Gasteiger partial charge is 0.487 e. The molecule has 0 aromatic carbocycles. The number of hydrogen-bond acceptors (Lipinski definition) is 2. The predicted octanol–water partition coefficient (Wildman–Crippen LogP) is 5.66. The molecular formula is C15H30NiOS. The summed E-state index contributed by atoms with van der Waals surface area (Å²) in [4.78, 5) is 0. The molecule has 0 aliphatic rings. The average molecular weight is 317 g/mol. The van der Waals surface area contributed by atoms with Gasteiger partial charge in [0.1, 0.15) is 0 Å². The van der Waals surface area contributed by atoms with E-state index in [1.807, 2.05) is 6.92 Å². The van der Waals surface area contributed by atoms with E-state index in [0.29, 0.717) is 0 Å². The minimum atomic E-state index is 0. The minimum Gasteiger partial charge on any atom is -0.487 e. The van der Waals surface area contributed by atoms with Crippen molar-refractivity contribution in [1.82, 2.24) is 0 Å². The van der Waals surface area contributed by atoms with Crippen molar-refractivity contribution >= 4 is 17.3 Å². The fourth-order valence-electron chi connectivity index (χ4n) is 1.88. The second-order valence-corrected chi connectivity index (χ2v) is 5.21. The molecule has 0 rings (SSSR count). The Morgan fingerprint density at radius 2 is 1.22 bits per heavy atom. The van der Waals surface area contributed by atoms with Crippen molar-refractivity contribution < 1.29 is 21.2 Å². The first kappa shape index (κ1) is 20.7. The third-order valence-electron chi connectivity index (χ3n) is 3.05. The summed E-state index contributed by atoms with van der Waals surface area (Å²) >= 11 is 5.00. The molecule has 0 aliphatic carbocycles. The average Bonchev–Trinajstić information content (AvgIpc) is 2.35. The Hall–Kier alpha value is 0.384. The van der Waals surface area contributed by atoms with E-state index in [-0.39, 0.29) is 16.5 Å². The van der Waals surface area contributed by atoms with Gasteiger partial charge in [-0.2, -0.15) is 0 Å². The summed E-state index contributed by atoms with van der Waals surface area (Å²) in [6.45, 7) is 5.14. The second kappa shape index (κ2) is 17.4. The Labute approximate surface area is 129 Å². The molecule has 0 saturated carbocycles. The maximum atomic E-state index is 5.39. The van der Waals surface area contributed by atoms with Gasteiger partial charge in [-0.05, 0) is 18.6 Å². The van der Waals surface area contributed by atoms with Crippen LogP contribution in [0.15, 0.2) is 0 Å². The third-order valence-corrected chi connectivity index (χ3v) is 3.46. The molecule has 0 bridgehead atoms. The molecule has 18 heavy (non-hydrogen) atoms. The summed E-state index contributed by atoms with van der Waals surface area (Å²) in [5.41, 5.74) is 0. The molecule has 0 atom stereocenters. The van der Waals surface area contributed by atoms with Gasteiger partial charge in [0.2, 0.25) is 0 Å². The molecular weight excluding hydrogens is 287 g/mol. The first-order chi connectivity index (χ1) is 8.31. The smallest absolute Gasteiger partial charge is 0.159 e. The zero-order valence-electron chi connectivity index (χ0n) is 12.1. The van der Waals surface area contributed by atoms with Crippen LogP contribution in [0.2, 0.25) is 0 Å². The van der Waals surface area contributed by atoms with Gasteiger partial charge in [0, 0.05) is 22.9 Å². The summed E-state index contributed by atoms with van der Waals surface area (Å²) in [5, 5.41) is 0.765. The molecule has 3 heteroatoms. The van der Waals surface area contributed by atoms with Gasteiger partial charge in [-0.25, -0.2) is 0 Å². The fourth-order valence-corrected chi connectivity index (χ4v) is 1.96. The first-order valence-electron chi connectivity index (χ1n) is 7.46. The van der Waals surface area contributed by atoms with Crippen LogP contribution in [0, 0.1) is 0 Å². The van der Waals surface area contributed by atoms with Gasteiger partial charge in [-0.3, -0.25) is 0 Å². The van der Waals surface area contributed by atoms with Crippen LogP contribution in [0.3, 0.4) is 0 Å². The summed E-state index contributed by atoms with van der Waals surface area (Å²) in [6.07, 6.45) is 14.5. The molecule has 0 aliphatic heterocycles. The van der Waals surface area contributed by atoms with E-state index in [9.17, 15) is 0 Å². The van der Waals surface area contributed by atoms with Crippen LogP contribution in [0.4, 0.5) is 0 Å². The quantitative estimate of drug-likeness (QED) is 0.261. The van der Waals surface area contributed by atoms with Crippen LogP contribution in [-0.4, -0.2) is 11.7 Å². The van der Waals surface area contributed by atoms with E-state index in [2.05, 4.69) is 6.92 Å². The third kappa shape index (κ3) is 16.4. The molecule has 0 unspecified atom stereocenters. The molecule has 0 aromatic heterocycles. The molecule has 0 spiro atoms. The monoisotopic (exact) mass is 316 g/mol. The summed E-state index contributed by atoms with van der Waals surface area (Å²) in [5.74, 6) is 0. The van der Waals surface area contributed by atoms with Crippen molar-refractivity contribution in [3.8, 4) is 0 Å². The number of rotatable bonds is 12. The number of ether oxygens (including phenoxy) is 1. The van der Waals surface area contributed by atoms with Crippen LogP contribution >= 0.6 is 12.2 Å². The second-order valence-electron chi connectivity index (χ2n) is 4.76. The Bertz CT molecular complexity index is 174. The standard InChI is InChI=1S/C15H30OS.Ni/c1-3-5-6-7-8-9-10-11-12-13-14-16-15(17)4-2;/h3-14H2,1-2H3;. The Morgan fingerprint density at radius 3 is 1.67 bits per heavy atom. The molecule has 0 saturated heterocycles. The van der Waals surface area contributed by atoms with Crippen LogP contribution in [0.1, 0.15) is 84.5 Å². The van der Waals surface area contributed by atoms with E-state index in [0.717, 1.165) is 24.5 Å². The molecule has 0 amide bonds. The SMILES string of the molecule is CCCCCCCCCCCCOC(=S)CC.[Ni]. The van der Waals surface area contributed by atoms with Gasteiger partial charge >= 0.3 is 0 Å². The number of hydrogen-bond donors (Lipinski definition) is 0. The minimum absolute atomic E-state index is 0. The van der Waals surface area contributed by atoms with E-state index < -0.39 is 0 Å². The molecule has 112 valence electrons. The fraction of sp³-hybridized carbons (Fsp3) is 0.933.